The Balaban J connectivity index is 2.01. The van der Waals surface area contributed by atoms with Gasteiger partial charge in [0.15, 0.2) is 9.84 Å². The highest BCUT2D eigenvalue weighted by molar-refractivity contribution is 7.92. The van der Waals surface area contributed by atoms with Crippen molar-refractivity contribution < 1.29 is 13.2 Å². The normalized spacial score (nSPS) is 26.9. The average Bonchev–Trinajstić information content (AvgIpc) is 3.15. The molecule has 23 heavy (non-hydrogen) atoms. The van der Waals surface area contributed by atoms with Crippen molar-refractivity contribution in [1.82, 2.24) is 0 Å². The smallest absolute Gasteiger partial charge is 0.183 e. The van der Waals surface area contributed by atoms with Gasteiger partial charge in [0.25, 0.3) is 0 Å². The molecule has 3 rings (SSSR count). The fraction of sp³-hybridized carbons (Fsp3) is 0.294. The highest BCUT2D eigenvalue weighted by Gasteiger charge is 2.69. The SMILES string of the molecule is COC[C@]1(N)[C@@H](c2ccccc2)[C@@H]1S(=O)(=O)c1ccc(Cl)cc1. The Morgan fingerprint density at radius 1 is 1.13 bits per heavy atom. The molecule has 0 amide bonds. The summed E-state index contributed by atoms with van der Waals surface area (Å²) < 4.78 is 31.2. The van der Waals surface area contributed by atoms with Crippen molar-refractivity contribution >= 4 is 21.4 Å². The van der Waals surface area contributed by atoms with E-state index in [2.05, 4.69) is 0 Å². The van der Waals surface area contributed by atoms with Gasteiger partial charge in [-0.05, 0) is 29.8 Å². The number of hydrogen-bond donors (Lipinski definition) is 1. The molecule has 2 aromatic rings. The van der Waals surface area contributed by atoms with E-state index >= 15 is 0 Å². The number of nitrogens with two attached hydrogens (primary N) is 1. The third-order valence-electron chi connectivity index (χ3n) is 4.33. The predicted octanol–water partition coefficient (Wildman–Crippen LogP) is 2.62. The standard InChI is InChI=1S/C17H18ClNO3S/c1-22-11-17(19)15(12-5-3-2-4-6-12)16(17)23(20,21)14-9-7-13(18)8-10-14/h2-10,15-16H,11,19H2,1H3/t15-,16-,17-/m0/s1. The summed E-state index contributed by atoms with van der Waals surface area (Å²) in [5, 5.41) is -0.214. The molecule has 0 unspecified atom stereocenters. The molecule has 2 N–H and O–H groups in total. The van der Waals surface area contributed by atoms with E-state index in [-0.39, 0.29) is 17.4 Å². The van der Waals surface area contributed by atoms with Gasteiger partial charge in [-0.2, -0.15) is 0 Å². The molecule has 3 atom stereocenters. The highest BCUT2D eigenvalue weighted by atomic mass is 35.5. The topological polar surface area (TPSA) is 69.4 Å². The molecule has 0 saturated heterocycles. The molecule has 1 aliphatic carbocycles. The van der Waals surface area contributed by atoms with Gasteiger partial charge in [-0.1, -0.05) is 41.9 Å². The second-order valence-electron chi connectivity index (χ2n) is 5.85. The van der Waals surface area contributed by atoms with Crippen molar-refractivity contribution in [3.05, 3.63) is 65.2 Å². The number of hydrogen-bond acceptors (Lipinski definition) is 4. The van der Waals surface area contributed by atoms with Crippen LogP contribution in [0.5, 0.6) is 0 Å². The van der Waals surface area contributed by atoms with E-state index in [0.717, 1.165) is 5.56 Å². The summed E-state index contributed by atoms with van der Waals surface area (Å²) in [5.74, 6) is -0.288. The van der Waals surface area contributed by atoms with E-state index in [1.165, 1.54) is 19.2 Å². The summed E-state index contributed by atoms with van der Waals surface area (Å²) in [6.07, 6.45) is 0. The van der Waals surface area contributed by atoms with Crippen LogP contribution in [0.1, 0.15) is 11.5 Å². The fourth-order valence-corrected chi connectivity index (χ4v) is 5.65. The first-order valence-electron chi connectivity index (χ1n) is 7.23. The molecule has 6 heteroatoms. The van der Waals surface area contributed by atoms with Crippen LogP contribution in [-0.4, -0.2) is 32.9 Å². The molecule has 4 nitrogen and oxygen atoms in total. The number of sulfone groups is 1. The highest BCUT2D eigenvalue weighted by Crippen LogP contribution is 2.55. The zero-order chi connectivity index (χ0) is 16.7. The Kier molecular flexibility index (Phi) is 4.23. The number of methoxy groups -OCH3 is 1. The maximum absolute atomic E-state index is 13.0. The van der Waals surface area contributed by atoms with Gasteiger partial charge in [0.05, 0.1) is 22.3 Å². The van der Waals surface area contributed by atoms with Crippen LogP contribution in [0.15, 0.2) is 59.5 Å². The van der Waals surface area contributed by atoms with Gasteiger partial charge in [0, 0.05) is 18.1 Å². The lowest BCUT2D eigenvalue weighted by molar-refractivity contribution is 0.171. The van der Waals surface area contributed by atoms with Crippen LogP contribution in [0.2, 0.25) is 5.02 Å². The van der Waals surface area contributed by atoms with Gasteiger partial charge in [0.2, 0.25) is 0 Å². The summed E-state index contributed by atoms with van der Waals surface area (Å²) in [5.41, 5.74) is 6.39. The Labute approximate surface area is 141 Å². The minimum absolute atomic E-state index is 0.185. The summed E-state index contributed by atoms with van der Waals surface area (Å²) in [6, 6.07) is 15.6. The number of halogens is 1. The van der Waals surface area contributed by atoms with Crippen LogP contribution < -0.4 is 5.73 Å². The van der Waals surface area contributed by atoms with Crippen molar-refractivity contribution in [2.45, 2.75) is 21.6 Å². The monoisotopic (exact) mass is 351 g/mol. The Bertz CT molecular complexity index is 792. The molecule has 1 saturated carbocycles. The van der Waals surface area contributed by atoms with E-state index in [4.69, 9.17) is 22.1 Å². The molecule has 0 bridgehead atoms. The van der Waals surface area contributed by atoms with Gasteiger partial charge in [-0.15, -0.1) is 0 Å². The lowest BCUT2D eigenvalue weighted by Crippen LogP contribution is -2.35. The summed E-state index contributed by atoms with van der Waals surface area (Å²) >= 11 is 5.85. The summed E-state index contributed by atoms with van der Waals surface area (Å²) in [7, 11) is -2.04. The first kappa shape index (κ1) is 16.5. The molecule has 1 aliphatic rings. The van der Waals surface area contributed by atoms with E-state index in [0.29, 0.717) is 5.02 Å². The average molecular weight is 352 g/mol. The molecule has 0 aliphatic heterocycles. The molecular weight excluding hydrogens is 334 g/mol. The molecule has 0 spiro atoms. The first-order valence-corrected chi connectivity index (χ1v) is 9.16. The molecule has 0 aromatic heterocycles. The second kappa shape index (κ2) is 5.91. The maximum Gasteiger partial charge on any atom is 0.183 e. The largest absolute Gasteiger partial charge is 0.383 e. The number of rotatable bonds is 5. The fourth-order valence-electron chi connectivity index (χ4n) is 3.23. The Hall–Kier alpha value is -1.40. The van der Waals surface area contributed by atoms with Gasteiger partial charge in [0.1, 0.15) is 0 Å². The quantitative estimate of drug-likeness (QED) is 0.899. The molecule has 0 radical (unpaired) electrons. The number of ether oxygens (including phenoxy) is 1. The van der Waals surface area contributed by atoms with Crippen molar-refractivity contribution in [3.8, 4) is 0 Å². The van der Waals surface area contributed by atoms with Crippen molar-refractivity contribution in [2.24, 2.45) is 5.73 Å². The minimum Gasteiger partial charge on any atom is -0.383 e. The van der Waals surface area contributed by atoms with Crippen molar-refractivity contribution in [1.29, 1.82) is 0 Å². The van der Waals surface area contributed by atoms with E-state index in [9.17, 15) is 8.42 Å². The van der Waals surface area contributed by atoms with Crippen LogP contribution in [0.25, 0.3) is 0 Å². The first-order chi connectivity index (χ1) is 10.9. The second-order valence-corrected chi connectivity index (χ2v) is 8.36. The van der Waals surface area contributed by atoms with Crippen LogP contribution >= 0.6 is 11.6 Å². The molecular formula is C17H18ClNO3S. The lowest BCUT2D eigenvalue weighted by Gasteiger charge is -2.11. The third kappa shape index (κ3) is 2.78. The Morgan fingerprint density at radius 2 is 1.74 bits per heavy atom. The molecule has 1 fully saturated rings. The zero-order valence-electron chi connectivity index (χ0n) is 12.6. The minimum atomic E-state index is -3.57. The van der Waals surface area contributed by atoms with Gasteiger partial charge < -0.3 is 10.5 Å². The van der Waals surface area contributed by atoms with Crippen LogP contribution in [0, 0.1) is 0 Å². The van der Waals surface area contributed by atoms with Gasteiger partial charge in [-0.3, -0.25) is 0 Å². The molecule has 0 heterocycles. The van der Waals surface area contributed by atoms with Gasteiger partial charge >= 0.3 is 0 Å². The molecule has 122 valence electrons. The van der Waals surface area contributed by atoms with E-state index in [1.807, 2.05) is 30.3 Å². The lowest BCUT2D eigenvalue weighted by atomic mass is 10.1. The van der Waals surface area contributed by atoms with Crippen LogP contribution in [-0.2, 0) is 14.6 Å². The number of benzene rings is 2. The zero-order valence-corrected chi connectivity index (χ0v) is 14.2. The van der Waals surface area contributed by atoms with Crippen LogP contribution in [0.4, 0.5) is 0 Å². The van der Waals surface area contributed by atoms with Crippen molar-refractivity contribution in [2.75, 3.05) is 13.7 Å². The van der Waals surface area contributed by atoms with Crippen LogP contribution in [0.3, 0.4) is 0 Å². The van der Waals surface area contributed by atoms with E-state index < -0.39 is 20.6 Å². The van der Waals surface area contributed by atoms with E-state index in [1.54, 1.807) is 12.1 Å². The maximum atomic E-state index is 13.0. The third-order valence-corrected chi connectivity index (χ3v) is 6.89. The predicted molar refractivity (Wildman–Crippen MR) is 90.4 cm³/mol. The summed E-state index contributed by atoms with van der Waals surface area (Å²) in [4.78, 5) is 0.233. The summed E-state index contributed by atoms with van der Waals surface area (Å²) in [6.45, 7) is 0.185. The van der Waals surface area contributed by atoms with Crippen molar-refractivity contribution in [3.63, 3.8) is 0 Å². The van der Waals surface area contributed by atoms with Gasteiger partial charge in [-0.25, -0.2) is 8.42 Å². The Morgan fingerprint density at radius 3 is 2.30 bits per heavy atom. The molecule has 2 aromatic carbocycles.